The van der Waals surface area contributed by atoms with Gasteiger partial charge in [-0.05, 0) is 38.3 Å². The molecule has 7 nitrogen and oxygen atoms in total. The SMILES string of the molecule is CCN(C(=O)C1CCN(C(=O)Nc2ccccc2)CC1)C1CCS(=O)(=O)C1. The molecule has 1 aromatic carbocycles. The number of hydrogen-bond acceptors (Lipinski definition) is 4. The Balaban J connectivity index is 1.53. The predicted octanol–water partition coefficient (Wildman–Crippen LogP) is 1.97. The van der Waals surface area contributed by atoms with Gasteiger partial charge in [-0.15, -0.1) is 0 Å². The van der Waals surface area contributed by atoms with Crippen LogP contribution in [0.5, 0.6) is 0 Å². The second-order valence-electron chi connectivity index (χ2n) is 7.24. The second-order valence-corrected chi connectivity index (χ2v) is 9.47. The van der Waals surface area contributed by atoms with Crippen molar-refractivity contribution < 1.29 is 18.0 Å². The summed E-state index contributed by atoms with van der Waals surface area (Å²) in [7, 11) is -3.02. The fourth-order valence-electron chi connectivity index (χ4n) is 3.90. The Hall–Kier alpha value is -2.09. The van der Waals surface area contributed by atoms with Crippen LogP contribution in [0.1, 0.15) is 26.2 Å². The Morgan fingerprint density at radius 2 is 1.81 bits per heavy atom. The molecule has 27 heavy (non-hydrogen) atoms. The fraction of sp³-hybridized carbons (Fsp3) is 0.579. The number of hydrogen-bond donors (Lipinski definition) is 1. The van der Waals surface area contributed by atoms with Crippen molar-refractivity contribution in [2.45, 2.75) is 32.2 Å². The van der Waals surface area contributed by atoms with Crippen LogP contribution in [0.2, 0.25) is 0 Å². The number of likely N-dealkylation sites (tertiary alicyclic amines) is 1. The van der Waals surface area contributed by atoms with Gasteiger partial charge in [-0.2, -0.15) is 0 Å². The third kappa shape index (κ3) is 4.80. The third-order valence-electron chi connectivity index (χ3n) is 5.43. The van der Waals surface area contributed by atoms with E-state index in [0.717, 1.165) is 5.69 Å². The van der Waals surface area contributed by atoms with Crippen LogP contribution in [0.25, 0.3) is 0 Å². The highest BCUT2D eigenvalue weighted by Crippen LogP contribution is 2.25. The summed E-state index contributed by atoms with van der Waals surface area (Å²) in [6.45, 7) is 3.46. The van der Waals surface area contributed by atoms with Gasteiger partial charge in [0.15, 0.2) is 9.84 Å². The second kappa shape index (κ2) is 8.29. The molecule has 2 saturated heterocycles. The summed E-state index contributed by atoms with van der Waals surface area (Å²) in [5.41, 5.74) is 0.750. The molecule has 2 heterocycles. The maximum atomic E-state index is 12.9. The topological polar surface area (TPSA) is 86.8 Å². The summed E-state index contributed by atoms with van der Waals surface area (Å²) < 4.78 is 23.5. The number of sulfone groups is 1. The van der Waals surface area contributed by atoms with E-state index in [9.17, 15) is 18.0 Å². The van der Waals surface area contributed by atoms with Gasteiger partial charge in [0, 0.05) is 37.3 Å². The highest BCUT2D eigenvalue weighted by molar-refractivity contribution is 7.91. The van der Waals surface area contributed by atoms with Gasteiger partial charge in [-0.25, -0.2) is 13.2 Å². The molecule has 0 radical (unpaired) electrons. The quantitative estimate of drug-likeness (QED) is 0.847. The monoisotopic (exact) mass is 393 g/mol. The summed E-state index contributed by atoms with van der Waals surface area (Å²) in [4.78, 5) is 28.7. The lowest BCUT2D eigenvalue weighted by Crippen LogP contribution is -2.48. The molecule has 1 N–H and O–H groups in total. The number of carbonyl (C=O) groups is 2. The first-order valence-corrected chi connectivity index (χ1v) is 11.3. The Bertz CT molecular complexity index is 773. The lowest BCUT2D eigenvalue weighted by Gasteiger charge is -2.35. The van der Waals surface area contributed by atoms with Gasteiger partial charge in [-0.3, -0.25) is 4.79 Å². The Labute approximate surface area is 160 Å². The molecule has 2 aliphatic heterocycles. The average molecular weight is 394 g/mol. The van der Waals surface area contributed by atoms with E-state index in [4.69, 9.17) is 0 Å². The highest BCUT2D eigenvalue weighted by Gasteiger charge is 2.37. The number of nitrogens with zero attached hydrogens (tertiary/aromatic N) is 2. The Morgan fingerprint density at radius 3 is 2.37 bits per heavy atom. The van der Waals surface area contributed by atoms with Crippen molar-refractivity contribution in [1.82, 2.24) is 9.80 Å². The molecule has 3 rings (SSSR count). The van der Waals surface area contributed by atoms with E-state index in [0.29, 0.717) is 38.9 Å². The lowest BCUT2D eigenvalue weighted by atomic mass is 9.94. The molecular formula is C19H27N3O4S. The van der Waals surface area contributed by atoms with Crippen LogP contribution in [-0.2, 0) is 14.6 Å². The first-order valence-electron chi connectivity index (χ1n) is 9.51. The molecule has 8 heteroatoms. The number of amides is 3. The zero-order valence-corrected chi connectivity index (χ0v) is 16.5. The number of piperidine rings is 1. The van der Waals surface area contributed by atoms with E-state index < -0.39 is 9.84 Å². The maximum Gasteiger partial charge on any atom is 0.321 e. The normalized spacial score (nSPS) is 22.4. The molecule has 1 unspecified atom stereocenters. The van der Waals surface area contributed by atoms with Crippen LogP contribution in [0.3, 0.4) is 0 Å². The van der Waals surface area contributed by atoms with Crippen molar-refractivity contribution in [1.29, 1.82) is 0 Å². The summed E-state index contributed by atoms with van der Waals surface area (Å²) in [5, 5.41) is 2.87. The van der Waals surface area contributed by atoms with Crippen molar-refractivity contribution in [2.75, 3.05) is 36.5 Å². The van der Waals surface area contributed by atoms with E-state index in [1.54, 1.807) is 9.80 Å². The molecule has 1 aromatic rings. The molecule has 2 aliphatic rings. The van der Waals surface area contributed by atoms with Gasteiger partial charge >= 0.3 is 6.03 Å². The number of carbonyl (C=O) groups excluding carboxylic acids is 2. The number of urea groups is 1. The van der Waals surface area contributed by atoms with E-state index in [1.165, 1.54) is 0 Å². The van der Waals surface area contributed by atoms with Gasteiger partial charge in [0.25, 0.3) is 0 Å². The van der Waals surface area contributed by atoms with Crippen LogP contribution in [-0.4, -0.2) is 67.3 Å². The van der Waals surface area contributed by atoms with Gasteiger partial charge in [-0.1, -0.05) is 18.2 Å². The summed E-state index contributed by atoms with van der Waals surface area (Å²) >= 11 is 0. The van der Waals surface area contributed by atoms with Crippen molar-refractivity contribution in [2.24, 2.45) is 5.92 Å². The van der Waals surface area contributed by atoms with E-state index in [-0.39, 0.29) is 35.4 Å². The first kappa shape index (κ1) is 19.7. The highest BCUT2D eigenvalue weighted by atomic mass is 32.2. The zero-order valence-electron chi connectivity index (χ0n) is 15.6. The number of para-hydroxylation sites is 1. The number of benzene rings is 1. The predicted molar refractivity (Wildman–Crippen MR) is 104 cm³/mol. The van der Waals surface area contributed by atoms with Crippen molar-refractivity contribution in [3.05, 3.63) is 30.3 Å². The van der Waals surface area contributed by atoms with Gasteiger partial charge in [0.05, 0.1) is 11.5 Å². The van der Waals surface area contributed by atoms with Gasteiger partial charge in [0.1, 0.15) is 0 Å². The largest absolute Gasteiger partial charge is 0.339 e. The molecule has 3 amide bonds. The molecule has 0 saturated carbocycles. The van der Waals surface area contributed by atoms with E-state index >= 15 is 0 Å². The van der Waals surface area contributed by atoms with Crippen molar-refractivity contribution >= 4 is 27.5 Å². The minimum absolute atomic E-state index is 0.0303. The number of nitrogens with one attached hydrogen (secondary N) is 1. The molecule has 0 aliphatic carbocycles. The van der Waals surface area contributed by atoms with Gasteiger partial charge < -0.3 is 15.1 Å². The van der Waals surface area contributed by atoms with Crippen LogP contribution in [0, 0.1) is 5.92 Å². The first-order chi connectivity index (χ1) is 12.9. The summed E-state index contributed by atoms with van der Waals surface area (Å²) in [6, 6.07) is 8.94. The fourth-order valence-corrected chi connectivity index (χ4v) is 5.63. The molecule has 2 fully saturated rings. The average Bonchev–Trinajstić information content (AvgIpc) is 3.02. The van der Waals surface area contributed by atoms with Crippen LogP contribution >= 0.6 is 0 Å². The standard InChI is InChI=1S/C19H27N3O4S/c1-2-22(17-10-13-27(25,26)14-17)18(23)15-8-11-21(12-9-15)19(24)20-16-6-4-3-5-7-16/h3-7,15,17H,2,8-14H2,1H3,(H,20,24). The van der Waals surface area contributed by atoms with Crippen molar-refractivity contribution in [3.63, 3.8) is 0 Å². The maximum absolute atomic E-state index is 12.9. The van der Waals surface area contributed by atoms with E-state index in [2.05, 4.69) is 5.32 Å². The van der Waals surface area contributed by atoms with Crippen LogP contribution in [0.15, 0.2) is 30.3 Å². The Kier molecular flexibility index (Phi) is 6.04. The molecule has 0 bridgehead atoms. The van der Waals surface area contributed by atoms with Crippen molar-refractivity contribution in [3.8, 4) is 0 Å². The molecule has 0 aromatic heterocycles. The minimum Gasteiger partial charge on any atom is -0.339 e. The number of rotatable bonds is 4. The third-order valence-corrected chi connectivity index (χ3v) is 7.18. The molecule has 1 atom stereocenters. The smallest absolute Gasteiger partial charge is 0.321 e. The summed E-state index contributed by atoms with van der Waals surface area (Å²) in [5.74, 6) is 0.126. The number of anilines is 1. The molecule has 148 valence electrons. The molecule has 0 spiro atoms. The zero-order chi connectivity index (χ0) is 19.4. The Morgan fingerprint density at radius 1 is 1.15 bits per heavy atom. The minimum atomic E-state index is -3.02. The van der Waals surface area contributed by atoms with Crippen LogP contribution in [0.4, 0.5) is 10.5 Å². The summed E-state index contributed by atoms with van der Waals surface area (Å²) in [6.07, 6.45) is 1.74. The lowest BCUT2D eigenvalue weighted by molar-refractivity contribution is -0.138. The van der Waals surface area contributed by atoms with E-state index in [1.807, 2.05) is 37.3 Å². The van der Waals surface area contributed by atoms with Gasteiger partial charge in [0.2, 0.25) is 5.91 Å². The van der Waals surface area contributed by atoms with Crippen LogP contribution < -0.4 is 5.32 Å². The molecular weight excluding hydrogens is 366 g/mol.